The van der Waals surface area contributed by atoms with E-state index in [0.717, 1.165) is 36.2 Å². The van der Waals surface area contributed by atoms with Crippen LogP contribution >= 0.6 is 0 Å². The molecular weight excluding hydrogens is 264 g/mol. The molecule has 21 heavy (non-hydrogen) atoms. The number of hydrogen-bond donors (Lipinski definition) is 1. The lowest BCUT2D eigenvalue weighted by Crippen LogP contribution is -2.41. The Morgan fingerprint density at radius 3 is 2.86 bits per heavy atom. The number of nitrogens with one attached hydrogen (secondary N) is 1. The van der Waals surface area contributed by atoms with Crippen LogP contribution in [0.4, 0.5) is 0 Å². The highest BCUT2D eigenvalue weighted by Gasteiger charge is 2.24. The van der Waals surface area contributed by atoms with Crippen LogP contribution in [-0.4, -0.2) is 29.4 Å². The Bertz CT molecular complexity index is 600. The van der Waals surface area contributed by atoms with Crippen molar-refractivity contribution in [2.24, 2.45) is 0 Å². The number of nitrogens with zero attached hydrogens (tertiary/aromatic N) is 1. The fraction of sp³-hybridized carbons (Fsp3) is 0.471. The molecule has 2 aromatic rings. The Morgan fingerprint density at radius 1 is 1.38 bits per heavy atom. The molecule has 1 amide bonds. The normalized spacial score (nSPS) is 18.9. The molecule has 2 heterocycles. The van der Waals surface area contributed by atoms with E-state index in [1.165, 1.54) is 0 Å². The summed E-state index contributed by atoms with van der Waals surface area (Å²) in [6.45, 7) is 6.01. The fourth-order valence-electron chi connectivity index (χ4n) is 2.87. The molecule has 4 nitrogen and oxygen atoms in total. The average Bonchev–Trinajstić information content (AvgIpc) is 3.03. The largest absolute Gasteiger partial charge is 0.460 e. The summed E-state index contributed by atoms with van der Waals surface area (Å²) in [7, 11) is 0. The van der Waals surface area contributed by atoms with Gasteiger partial charge in [-0.25, -0.2) is 0 Å². The maximum atomic E-state index is 11.3. The van der Waals surface area contributed by atoms with Crippen molar-refractivity contribution in [3.8, 4) is 0 Å². The summed E-state index contributed by atoms with van der Waals surface area (Å²) in [6, 6.07) is 10.9. The zero-order valence-electron chi connectivity index (χ0n) is 12.6. The third-order valence-electron chi connectivity index (χ3n) is 4.11. The van der Waals surface area contributed by atoms with Crippen molar-refractivity contribution in [3.05, 3.63) is 36.1 Å². The molecule has 0 radical (unpaired) electrons. The van der Waals surface area contributed by atoms with Gasteiger partial charge < -0.3 is 9.73 Å². The molecule has 4 heteroatoms. The summed E-state index contributed by atoms with van der Waals surface area (Å²) in [6.07, 6.45) is 1.59. The van der Waals surface area contributed by atoms with Crippen molar-refractivity contribution in [1.29, 1.82) is 0 Å². The van der Waals surface area contributed by atoms with Crippen LogP contribution in [-0.2, 0) is 11.3 Å². The molecule has 0 aliphatic carbocycles. The van der Waals surface area contributed by atoms with Gasteiger partial charge in [0.1, 0.15) is 11.3 Å². The Labute approximate surface area is 125 Å². The van der Waals surface area contributed by atoms with Gasteiger partial charge in [-0.05, 0) is 32.4 Å². The number of furan rings is 1. The van der Waals surface area contributed by atoms with Gasteiger partial charge in [-0.1, -0.05) is 18.2 Å². The lowest BCUT2D eigenvalue weighted by molar-refractivity contribution is -0.119. The summed E-state index contributed by atoms with van der Waals surface area (Å²) in [5.41, 5.74) is 0.936. The van der Waals surface area contributed by atoms with Crippen molar-refractivity contribution in [2.45, 2.75) is 45.3 Å². The molecule has 1 aromatic heterocycles. The van der Waals surface area contributed by atoms with Crippen molar-refractivity contribution >= 4 is 16.9 Å². The Morgan fingerprint density at radius 2 is 2.19 bits per heavy atom. The monoisotopic (exact) mass is 286 g/mol. The molecule has 1 atom stereocenters. The van der Waals surface area contributed by atoms with Gasteiger partial charge in [0, 0.05) is 30.4 Å². The number of benzene rings is 1. The molecule has 1 aliphatic rings. The van der Waals surface area contributed by atoms with Crippen LogP contribution < -0.4 is 5.32 Å². The van der Waals surface area contributed by atoms with Crippen LogP contribution in [0.25, 0.3) is 11.0 Å². The minimum Gasteiger partial charge on any atom is -0.460 e. The van der Waals surface area contributed by atoms with E-state index in [-0.39, 0.29) is 11.9 Å². The topological polar surface area (TPSA) is 45.5 Å². The van der Waals surface area contributed by atoms with Crippen LogP contribution in [0.2, 0.25) is 0 Å². The van der Waals surface area contributed by atoms with E-state index in [1.54, 1.807) is 0 Å². The Hall–Kier alpha value is -1.81. The summed E-state index contributed by atoms with van der Waals surface area (Å²) in [5.74, 6) is 1.15. The first kappa shape index (κ1) is 14.1. The number of carbonyl (C=O) groups excluding carboxylic acids is 1. The first-order chi connectivity index (χ1) is 10.1. The van der Waals surface area contributed by atoms with Crippen molar-refractivity contribution in [2.75, 3.05) is 6.54 Å². The van der Waals surface area contributed by atoms with E-state index in [2.05, 4.69) is 36.2 Å². The van der Waals surface area contributed by atoms with Crippen LogP contribution in [0.1, 0.15) is 32.4 Å². The average molecular weight is 286 g/mol. The molecule has 1 N–H and O–H groups in total. The van der Waals surface area contributed by atoms with Gasteiger partial charge in [0.15, 0.2) is 0 Å². The maximum absolute atomic E-state index is 11.3. The minimum absolute atomic E-state index is 0.174. The van der Waals surface area contributed by atoms with Crippen LogP contribution in [0.15, 0.2) is 34.7 Å². The summed E-state index contributed by atoms with van der Waals surface area (Å²) in [4.78, 5) is 13.7. The molecular formula is C17H22N2O2. The highest BCUT2D eigenvalue weighted by Crippen LogP contribution is 2.21. The predicted molar refractivity (Wildman–Crippen MR) is 82.9 cm³/mol. The Balaban J connectivity index is 1.70. The molecule has 0 saturated carbocycles. The molecule has 0 bridgehead atoms. The SMILES string of the molecule is CC(C)N(Cc1cc2ccccc2o1)C[C@@H]1CCC(=O)N1. The minimum atomic E-state index is 0.174. The van der Waals surface area contributed by atoms with E-state index in [1.807, 2.05) is 18.2 Å². The fourth-order valence-corrected chi connectivity index (χ4v) is 2.87. The molecule has 1 aliphatic heterocycles. The second-order valence-corrected chi connectivity index (χ2v) is 6.08. The zero-order valence-corrected chi connectivity index (χ0v) is 12.6. The van der Waals surface area contributed by atoms with Gasteiger partial charge >= 0.3 is 0 Å². The van der Waals surface area contributed by atoms with E-state index < -0.39 is 0 Å². The van der Waals surface area contributed by atoms with Gasteiger partial charge in [-0.15, -0.1) is 0 Å². The van der Waals surface area contributed by atoms with Gasteiger partial charge in [0.2, 0.25) is 5.91 Å². The molecule has 112 valence electrons. The number of para-hydroxylation sites is 1. The number of hydrogen-bond acceptors (Lipinski definition) is 3. The summed E-state index contributed by atoms with van der Waals surface area (Å²) >= 11 is 0. The van der Waals surface area contributed by atoms with Gasteiger partial charge in [0.25, 0.3) is 0 Å². The molecule has 1 fully saturated rings. The lowest BCUT2D eigenvalue weighted by atomic mass is 10.2. The summed E-state index contributed by atoms with van der Waals surface area (Å²) in [5, 5.41) is 4.18. The van der Waals surface area contributed by atoms with Gasteiger partial charge in [0.05, 0.1) is 6.54 Å². The van der Waals surface area contributed by atoms with E-state index in [4.69, 9.17) is 4.42 Å². The van der Waals surface area contributed by atoms with Gasteiger partial charge in [-0.2, -0.15) is 0 Å². The lowest BCUT2D eigenvalue weighted by Gasteiger charge is -2.28. The van der Waals surface area contributed by atoms with E-state index in [0.29, 0.717) is 12.5 Å². The summed E-state index contributed by atoms with van der Waals surface area (Å²) < 4.78 is 5.91. The predicted octanol–water partition coefficient (Wildman–Crippen LogP) is 2.92. The number of rotatable bonds is 5. The second kappa shape index (κ2) is 5.90. The second-order valence-electron chi connectivity index (χ2n) is 6.08. The molecule has 0 spiro atoms. The molecule has 1 aromatic carbocycles. The van der Waals surface area contributed by atoms with E-state index >= 15 is 0 Å². The van der Waals surface area contributed by atoms with Crippen LogP contribution in [0.3, 0.4) is 0 Å². The molecule has 3 rings (SSSR count). The first-order valence-electron chi connectivity index (χ1n) is 7.62. The smallest absolute Gasteiger partial charge is 0.220 e. The number of carbonyl (C=O) groups is 1. The molecule has 0 unspecified atom stereocenters. The quantitative estimate of drug-likeness (QED) is 0.919. The van der Waals surface area contributed by atoms with E-state index in [9.17, 15) is 4.79 Å². The van der Waals surface area contributed by atoms with Crippen molar-refractivity contribution in [1.82, 2.24) is 10.2 Å². The first-order valence-corrected chi connectivity index (χ1v) is 7.62. The molecule has 1 saturated heterocycles. The van der Waals surface area contributed by atoms with Crippen LogP contribution in [0, 0.1) is 0 Å². The van der Waals surface area contributed by atoms with Crippen molar-refractivity contribution in [3.63, 3.8) is 0 Å². The third kappa shape index (κ3) is 3.27. The Kier molecular flexibility index (Phi) is 3.97. The number of fused-ring (bicyclic) bond motifs is 1. The third-order valence-corrected chi connectivity index (χ3v) is 4.11. The standard InChI is InChI=1S/C17H22N2O2/c1-12(2)19(10-14-7-8-17(20)18-14)11-15-9-13-5-3-4-6-16(13)21-15/h3-6,9,12,14H,7-8,10-11H2,1-2H3,(H,18,20)/t14-/m0/s1. The number of amides is 1. The zero-order chi connectivity index (χ0) is 14.8. The van der Waals surface area contributed by atoms with Crippen LogP contribution in [0.5, 0.6) is 0 Å². The highest BCUT2D eigenvalue weighted by atomic mass is 16.3. The highest BCUT2D eigenvalue weighted by molar-refractivity contribution is 5.78. The van der Waals surface area contributed by atoms with Gasteiger partial charge in [-0.3, -0.25) is 9.69 Å². The maximum Gasteiger partial charge on any atom is 0.220 e. The van der Waals surface area contributed by atoms with Crippen molar-refractivity contribution < 1.29 is 9.21 Å².